The summed E-state index contributed by atoms with van der Waals surface area (Å²) in [4.78, 5) is 79.2. The lowest BCUT2D eigenvalue weighted by molar-refractivity contribution is -0.390. The molecule has 0 aromatic carbocycles. The molecule has 2 aliphatic rings. The first kappa shape index (κ1) is 50.8. The minimum absolute atomic E-state index is 0.0466. The molecule has 334 valence electrons. The van der Waals surface area contributed by atoms with Gasteiger partial charge in [0, 0.05) is 38.5 Å². The van der Waals surface area contributed by atoms with E-state index in [-0.39, 0.29) is 74.0 Å². The van der Waals surface area contributed by atoms with Crippen LogP contribution < -0.4 is 0 Å². The molecule has 17 nitrogen and oxygen atoms in total. The van der Waals surface area contributed by atoms with Crippen molar-refractivity contribution < 1.29 is 81.6 Å². The van der Waals surface area contributed by atoms with Gasteiger partial charge >= 0.3 is 35.8 Å². The predicted octanol–water partition coefficient (Wildman–Crippen LogP) is 4.14. The van der Waals surface area contributed by atoms with Gasteiger partial charge in [-0.3, -0.25) is 33.5 Å². The maximum Gasteiger partial charge on any atom is 0.308 e. The maximum absolute atomic E-state index is 13.5. The molecule has 9 atom stereocenters. The van der Waals surface area contributed by atoms with E-state index in [0.717, 1.165) is 0 Å². The van der Waals surface area contributed by atoms with E-state index in [1.165, 1.54) is 0 Å². The summed E-state index contributed by atoms with van der Waals surface area (Å²) < 4.78 is 53.4. The highest BCUT2D eigenvalue weighted by Crippen LogP contribution is 2.42. The van der Waals surface area contributed by atoms with Crippen molar-refractivity contribution in [3.63, 3.8) is 0 Å². The van der Waals surface area contributed by atoms with Gasteiger partial charge < -0.3 is 48.1 Å². The summed E-state index contributed by atoms with van der Waals surface area (Å²) in [5.41, 5.74) is 0. The van der Waals surface area contributed by atoms with Crippen LogP contribution in [0.5, 0.6) is 0 Å². The van der Waals surface area contributed by atoms with Gasteiger partial charge in [-0.05, 0) is 35.5 Å². The molecule has 0 aromatic rings. The summed E-state index contributed by atoms with van der Waals surface area (Å²) >= 11 is 0. The zero-order valence-corrected chi connectivity index (χ0v) is 36.3. The molecule has 0 aromatic heterocycles. The first-order chi connectivity index (χ1) is 27.0. The van der Waals surface area contributed by atoms with Crippen LogP contribution in [0.2, 0.25) is 0 Å². The monoisotopic (exact) mass is 832 g/mol. The van der Waals surface area contributed by atoms with E-state index in [2.05, 4.69) is 0 Å². The van der Waals surface area contributed by atoms with Gasteiger partial charge in [0.25, 0.3) is 5.79 Å². The molecule has 0 bridgehead atoms. The molecule has 0 spiro atoms. The number of rotatable bonds is 22. The highest BCUT2D eigenvalue weighted by atomic mass is 16.9. The van der Waals surface area contributed by atoms with Crippen LogP contribution in [-0.4, -0.2) is 114 Å². The molecule has 58 heavy (non-hydrogen) atoms. The Bertz CT molecular complexity index is 1360. The fourth-order valence-corrected chi connectivity index (χ4v) is 6.15. The Morgan fingerprint density at radius 3 is 1.33 bits per heavy atom. The number of hydrogen-bond donors (Lipinski definition) is 2. The summed E-state index contributed by atoms with van der Waals surface area (Å²) in [6.45, 7) is 19.5. The fourth-order valence-electron chi connectivity index (χ4n) is 6.15. The van der Waals surface area contributed by atoms with Gasteiger partial charge in [-0.25, -0.2) is 0 Å². The van der Waals surface area contributed by atoms with Crippen LogP contribution in [0.3, 0.4) is 0 Å². The van der Waals surface area contributed by atoms with Crippen molar-refractivity contribution in [3.8, 4) is 0 Å². The molecule has 0 saturated carbocycles. The number of carbonyl (C=O) groups excluding carboxylic acids is 6. The first-order valence-electron chi connectivity index (χ1n) is 20.4. The third kappa shape index (κ3) is 16.3. The second kappa shape index (κ2) is 23.4. The lowest BCUT2D eigenvalue weighted by Crippen LogP contribution is -2.65. The quantitative estimate of drug-likeness (QED) is 0.115. The van der Waals surface area contributed by atoms with Gasteiger partial charge in [0.15, 0.2) is 12.2 Å². The fraction of sp³-hybridized carbons (Fsp3) is 0.854. The third-order valence-corrected chi connectivity index (χ3v) is 8.62. The Kier molecular flexibility index (Phi) is 20.5. The van der Waals surface area contributed by atoms with Crippen LogP contribution in [0.1, 0.15) is 122 Å². The summed E-state index contributed by atoms with van der Waals surface area (Å²) in [5, 5.41) is 22.3. The summed E-state index contributed by atoms with van der Waals surface area (Å²) in [7, 11) is 0. The van der Waals surface area contributed by atoms with Crippen LogP contribution >= 0.6 is 0 Å². The number of aliphatic hydroxyl groups excluding tert-OH is 2. The Morgan fingerprint density at radius 2 is 0.897 bits per heavy atom. The minimum atomic E-state index is -2.56. The number of ether oxygens (including phenoxy) is 9. The number of carbonyl (C=O) groups is 6. The smallest absolute Gasteiger partial charge is 0.308 e. The Balaban J connectivity index is 2.86. The molecule has 2 heterocycles. The zero-order chi connectivity index (χ0) is 44.1. The second-order valence-electron chi connectivity index (χ2n) is 17.6. The van der Waals surface area contributed by atoms with E-state index in [4.69, 9.17) is 42.6 Å². The molecule has 0 amide bonds. The van der Waals surface area contributed by atoms with Crippen molar-refractivity contribution >= 4 is 35.8 Å². The van der Waals surface area contributed by atoms with Gasteiger partial charge in [-0.15, -0.1) is 0 Å². The molecule has 2 rings (SSSR count). The van der Waals surface area contributed by atoms with Crippen LogP contribution in [0.4, 0.5) is 0 Å². The standard InChI is InChI=1S/C41H68O17/c1-21(2)13-28(43)50-20-41(57-39-36(53-30(45)15-23(5)6)34(49)35(27(19-42)51-39)52-29(44)14-22(3)4)38(55-32(47)17-25(9)10)37(54-31(46)16-24(7)8)40(58-41)56-33(48)18-26(11)12/h21-27,34-40,42,49H,13-20H2,1-12H3/t27-,34+,35-,36-,37+,38+,39-,40+,41-/m1/s1. The molecular formula is C41H68O17. The highest BCUT2D eigenvalue weighted by molar-refractivity contribution is 5.73. The maximum atomic E-state index is 13.5. The van der Waals surface area contributed by atoms with Crippen LogP contribution in [0, 0.1) is 35.5 Å². The molecule has 0 radical (unpaired) electrons. The van der Waals surface area contributed by atoms with Gasteiger partial charge in [-0.2, -0.15) is 0 Å². The molecule has 2 fully saturated rings. The summed E-state index contributed by atoms with van der Waals surface area (Å²) in [6.07, 6.45) is -14.6. The molecule has 17 heteroatoms. The largest absolute Gasteiger partial charge is 0.460 e. The number of hydrogen-bond acceptors (Lipinski definition) is 17. The van der Waals surface area contributed by atoms with E-state index in [1.807, 2.05) is 0 Å². The van der Waals surface area contributed by atoms with Crippen molar-refractivity contribution in [2.24, 2.45) is 35.5 Å². The Morgan fingerprint density at radius 1 is 0.517 bits per heavy atom. The van der Waals surface area contributed by atoms with Crippen molar-refractivity contribution in [2.75, 3.05) is 13.2 Å². The van der Waals surface area contributed by atoms with E-state index in [1.54, 1.807) is 83.1 Å². The zero-order valence-electron chi connectivity index (χ0n) is 36.3. The molecular weight excluding hydrogens is 764 g/mol. The number of aliphatic hydroxyl groups is 2. The van der Waals surface area contributed by atoms with E-state index in [9.17, 15) is 39.0 Å². The SMILES string of the molecule is CC(C)CC(=O)OC[C@@]1(O[C@H]2O[C@H](CO)[C@@H](OC(=O)CC(C)C)[C@H](O)[C@H]2OC(=O)CC(C)C)O[C@H](OC(=O)CC(C)C)[C@@H](OC(=O)CC(C)C)[C@@H]1OC(=O)CC(C)C. The molecule has 0 aliphatic carbocycles. The first-order valence-corrected chi connectivity index (χ1v) is 20.4. The molecule has 2 aliphatic heterocycles. The Labute approximate surface area is 342 Å². The van der Waals surface area contributed by atoms with Gasteiger partial charge in [0.1, 0.15) is 18.8 Å². The van der Waals surface area contributed by atoms with Crippen molar-refractivity contribution in [1.82, 2.24) is 0 Å². The molecule has 2 saturated heterocycles. The lowest BCUT2D eigenvalue weighted by Gasteiger charge is -2.45. The average Bonchev–Trinajstić information content (AvgIpc) is 3.31. The second-order valence-corrected chi connectivity index (χ2v) is 17.6. The molecule has 0 unspecified atom stereocenters. The van der Waals surface area contributed by atoms with Crippen molar-refractivity contribution in [2.45, 2.75) is 177 Å². The number of esters is 6. The van der Waals surface area contributed by atoms with E-state index < -0.39 is 104 Å². The Hall–Kier alpha value is -3.38. The van der Waals surface area contributed by atoms with Crippen LogP contribution in [0.25, 0.3) is 0 Å². The highest BCUT2D eigenvalue weighted by Gasteiger charge is 2.66. The summed E-state index contributed by atoms with van der Waals surface area (Å²) in [5.74, 6) is -8.28. The van der Waals surface area contributed by atoms with Gasteiger partial charge in [-0.1, -0.05) is 83.1 Å². The van der Waals surface area contributed by atoms with Crippen molar-refractivity contribution in [1.29, 1.82) is 0 Å². The van der Waals surface area contributed by atoms with E-state index >= 15 is 0 Å². The normalized spacial score (nSPS) is 27.3. The minimum Gasteiger partial charge on any atom is -0.460 e. The van der Waals surface area contributed by atoms with Gasteiger partial charge in [0.2, 0.25) is 24.8 Å². The van der Waals surface area contributed by atoms with Gasteiger partial charge in [0.05, 0.1) is 6.61 Å². The van der Waals surface area contributed by atoms with E-state index in [0.29, 0.717) is 0 Å². The van der Waals surface area contributed by atoms with Crippen LogP contribution in [-0.2, 0) is 71.4 Å². The van der Waals surface area contributed by atoms with Crippen molar-refractivity contribution in [3.05, 3.63) is 0 Å². The summed E-state index contributed by atoms with van der Waals surface area (Å²) in [6, 6.07) is 0. The predicted molar refractivity (Wildman–Crippen MR) is 204 cm³/mol. The average molecular weight is 833 g/mol. The topological polar surface area (TPSA) is 226 Å². The third-order valence-electron chi connectivity index (χ3n) is 8.62. The lowest BCUT2D eigenvalue weighted by atomic mass is 9.97. The van der Waals surface area contributed by atoms with Crippen LogP contribution in [0.15, 0.2) is 0 Å². The molecule has 2 N–H and O–H groups in total.